The smallest absolute Gasteiger partial charge is 0.352 e. The molecule has 3 aliphatic rings. The fraction of sp³-hybridized carbons (Fsp3) is 0.314. The zero-order valence-electron chi connectivity index (χ0n) is 24.3. The van der Waals surface area contributed by atoms with E-state index in [2.05, 4.69) is 40.4 Å². The van der Waals surface area contributed by atoms with Crippen LogP contribution in [-0.2, 0) is 25.5 Å². The number of rotatable bonds is 7. The fourth-order valence-electron chi connectivity index (χ4n) is 7.32. The van der Waals surface area contributed by atoms with Gasteiger partial charge in [0.2, 0.25) is 0 Å². The predicted molar refractivity (Wildman–Crippen MR) is 171 cm³/mol. The molecule has 2 fully saturated rings. The standard InChI is InChI=1S/C35H31Cl2N3O4/c1-39-29-10-8-23(15-22(29)16-30(39)34(41)42)40-14-13-35(19-40)12-11-20-7-9-24(17-26(20)35)43-18-25-32(38-44-33(25)21-5-6-21)31-27(36)3-2-4-28(31)37/h2-4,7-10,15-17,21H,5-6,11-14,18-19H2,1H3,(H,41,42). The van der Waals surface area contributed by atoms with E-state index in [9.17, 15) is 9.90 Å². The molecule has 3 heterocycles. The highest BCUT2D eigenvalue weighted by molar-refractivity contribution is 6.39. The lowest BCUT2D eigenvalue weighted by molar-refractivity contribution is 0.0687. The van der Waals surface area contributed by atoms with E-state index >= 15 is 0 Å². The van der Waals surface area contributed by atoms with Crippen molar-refractivity contribution in [3.8, 4) is 17.0 Å². The zero-order valence-corrected chi connectivity index (χ0v) is 25.8. The third-order valence-electron chi connectivity index (χ3n) is 9.84. The van der Waals surface area contributed by atoms with Crippen LogP contribution < -0.4 is 9.64 Å². The number of aryl methyl sites for hydroxylation is 2. The summed E-state index contributed by atoms with van der Waals surface area (Å²) >= 11 is 13.1. The Bertz CT molecular complexity index is 1940. The minimum absolute atomic E-state index is 0.0548. The van der Waals surface area contributed by atoms with Crippen molar-refractivity contribution in [3.05, 3.63) is 98.9 Å². The Morgan fingerprint density at radius 2 is 1.91 bits per heavy atom. The second-order valence-electron chi connectivity index (χ2n) is 12.4. The molecule has 9 heteroatoms. The number of hydrogen-bond acceptors (Lipinski definition) is 5. The molecule has 0 radical (unpaired) electrons. The number of hydrogen-bond donors (Lipinski definition) is 1. The second-order valence-corrected chi connectivity index (χ2v) is 13.3. The first-order chi connectivity index (χ1) is 21.3. The second kappa shape index (κ2) is 10.3. The lowest BCUT2D eigenvalue weighted by Gasteiger charge is -2.27. The minimum atomic E-state index is -0.914. The van der Waals surface area contributed by atoms with Gasteiger partial charge in [-0.25, -0.2) is 4.79 Å². The van der Waals surface area contributed by atoms with Gasteiger partial charge in [0.05, 0.1) is 15.6 Å². The summed E-state index contributed by atoms with van der Waals surface area (Å²) in [6.07, 6.45) is 5.37. The number of benzene rings is 3. The van der Waals surface area contributed by atoms with Crippen molar-refractivity contribution in [1.29, 1.82) is 0 Å². The number of nitrogens with zero attached hydrogens (tertiary/aromatic N) is 3. The molecule has 2 aliphatic carbocycles. The number of carboxylic acids is 1. The van der Waals surface area contributed by atoms with E-state index in [1.807, 2.05) is 24.3 Å². The van der Waals surface area contributed by atoms with E-state index < -0.39 is 5.97 Å². The quantitative estimate of drug-likeness (QED) is 0.195. The van der Waals surface area contributed by atoms with Crippen molar-refractivity contribution in [2.75, 3.05) is 18.0 Å². The van der Waals surface area contributed by atoms with Crippen LogP contribution in [0.1, 0.15) is 64.5 Å². The van der Waals surface area contributed by atoms with Crippen LogP contribution in [0.2, 0.25) is 10.0 Å². The van der Waals surface area contributed by atoms with Gasteiger partial charge in [0.15, 0.2) is 0 Å². The normalized spacial score (nSPS) is 19.3. The molecular formula is C35H31Cl2N3O4. The number of aromatic carboxylic acids is 1. The molecular weight excluding hydrogens is 597 g/mol. The Labute approximate surface area is 264 Å². The maximum Gasteiger partial charge on any atom is 0.352 e. The molecule has 1 saturated heterocycles. The number of carboxylic acid groups (broad SMARTS) is 1. The van der Waals surface area contributed by atoms with Crippen molar-refractivity contribution in [1.82, 2.24) is 9.72 Å². The number of halogens is 2. The van der Waals surface area contributed by atoms with E-state index in [1.165, 1.54) is 11.1 Å². The lowest BCUT2D eigenvalue weighted by atomic mass is 9.81. The van der Waals surface area contributed by atoms with Gasteiger partial charge in [0.25, 0.3) is 0 Å². The largest absolute Gasteiger partial charge is 0.489 e. The van der Waals surface area contributed by atoms with Gasteiger partial charge in [-0.05, 0) is 91.8 Å². The summed E-state index contributed by atoms with van der Waals surface area (Å²) in [6.45, 7) is 2.18. The molecule has 8 rings (SSSR count). The SMILES string of the molecule is Cn1c(C(=O)O)cc2cc(N3CCC4(CCc5ccc(OCc6c(-c7c(Cl)cccc7Cl)noc6C6CC6)cc54)C3)ccc21. The third kappa shape index (κ3) is 4.48. The van der Waals surface area contributed by atoms with Crippen LogP contribution in [-0.4, -0.2) is 33.9 Å². The molecule has 7 nitrogen and oxygen atoms in total. The van der Waals surface area contributed by atoms with Gasteiger partial charge in [-0.1, -0.05) is 40.5 Å². The molecule has 224 valence electrons. The van der Waals surface area contributed by atoms with Crippen molar-refractivity contribution < 1.29 is 19.2 Å². The lowest BCUT2D eigenvalue weighted by Crippen LogP contribution is -2.28. The number of carbonyl (C=O) groups is 1. The van der Waals surface area contributed by atoms with E-state index in [0.717, 1.165) is 78.9 Å². The van der Waals surface area contributed by atoms with E-state index in [-0.39, 0.29) is 5.41 Å². The van der Waals surface area contributed by atoms with Crippen LogP contribution in [0.25, 0.3) is 22.2 Å². The van der Waals surface area contributed by atoms with Gasteiger partial charge >= 0.3 is 5.97 Å². The number of ether oxygens (including phenoxy) is 1. The van der Waals surface area contributed by atoms with Gasteiger partial charge in [0.1, 0.15) is 29.5 Å². The Morgan fingerprint density at radius 1 is 1.09 bits per heavy atom. The summed E-state index contributed by atoms with van der Waals surface area (Å²) < 4.78 is 14.1. The van der Waals surface area contributed by atoms with Crippen molar-refractivity contribution in [2.24, 2.45) is 7.05 Å². The first-order valence-corrected chi connectivity index (χ1v) is 15.8. The van der Waals surface area contributed by atoms with Crippen LogP contribution in [0, 0.1) is 0 Å². The molecule has 1 aliphatic heterocycles. The Kier molecular flexibility index (Phi) is 6.47. The molecule has 3 aromatic carbocycles. The average molecular weight is 629 g/mol. The number of anilines is 1. The van der Waals surface area contributed by atoms with Gasteiger partial charge in [-0.15, -0.1) is 0 Å². The third-order valence-corrected chi connectivity index (χ3v) is 10.5. The Morgan fingerprint density at radius 3 is 2.68 bits per heavy atom. The van der Waals surface area contributed by atoms with Gasteiger partial charge in [-0.3, -0.25) is 0 Å². The first kappa shape index (κ1) is 27.6. The molecule has 1 N–H and O–H groups in total. The van der Waals surface area contributed by atoms with Gasteiger partial charge in [0, 0.05) is 53.6 Å². The van der Waals surface area contributed by atoms with Crippen LogP contribution in [0.4, 0.5) is 5.69 Å². The fourth-order valence-corrected chi connectivity index (χ4v) is 7.90. The van der Waals surface area contributed by atoms with E-state index in [0.29, 0.717) is 39.5 Å². The maximum absolute atomic E-state index is 11.7. The minimum Gasteiger partial charge on any atom is -0.489 e. The Hall–Kier alpha value is -3.94. The highest BCUT2D eigenvalue weighted by Crippen LogP contribution is 2.49. The van der Waals surface area contributed by atoms with Crippen LogP contribution in [0.5, 0.6) is 5.75 Å². The summed E-state index contributed by atoms with van der Waals surface area (Å²) in [6, 6.07) is 20.0. The molecule has 44 heavy (non-hydrogen) atoms. The van der Waals surface area contributed by atoms with Crippen molar-refractivity contribution in [3.63, 3.8) is 0 Å². The monoisotopic (exact) mass is 627 g/mol. The Balaban J connectivity index is 1.06. The highest BCUT2D eigenvalue weighted by Gasteiger charge is 2.44. The maximum atomic E-state index is 11.7. The molecule has 1 spiro atoms. The van der Waals surface area contributed by atoms with Crippen LogP contribution in [0.3, 0.4) is 0 Å². The topological polar surface area (TPSA) is 80.7 Å². The van der Waals surface area contributed by atoms with E-state index in [1.54, 1.807) is 17.7 Å². The zero-order chi connectivity index (χ0) is 30.2. The molecule has 1 saturated carbocycles. The predicted octanol–water partition coefficient (Wildman–Crippen LogP) is 8.39. The molecule has 1 unspecified atom stereocenters. The summed E-state index contributed by atoms with van der Waals surface area (Å²) in [5, 5.41) is 16.0. The molecule has 1 atom stereocenters. The summed E-state index contributed by atoms with van der Waals surface area (Å²) in [4.78, 5) is 14.1. The highest BCUT2D eigenvalue weighted by atomic mass is 35.5. The molecule has 0 bridgehead atoms. The van der Waals surface area contributed by atoms with Crippen LogP contribution in [0.15, 0.2) is 65.2 Å². The average Bonchev–Trinajstić information content (AvgIpc) is 3.33. The first-order valence-electron chi connectivity index (χ1n) is 15.1. The molecule has 0 amide bonds. The van der Waals surface area contributed by atoms with Crippen molar-refractivity contribution in [2.45, 2.75) is 50.0 Å². The molecule has 2 aromatic heterocycles. The summed E-state index contributed by atoms with van der Waals surface area (Å²) in [5.74, 6) is 1.14. The van der Waals surface area contributed by atoms with Gasteiger partial charge < -0.3 is 23.8 Å². The summed E-state index contributed by atoms with van der Waals surface area (Å²) in [5.41, 5.74) is 7.39. The number of aromatic nitrogens is 2. The van der Waals surface area contributed by atoms with Crippen LogP contribution >= 0.6 is 23.2 Å². The van der Waals surface area contributed by atoms with Crippen molar-refractivity contribution >= 4 is 45.8 Å². The molecule has 5 aromatic rings. The summed E-state index contributed by atoms with van der Waals surface area (Å²) in [7, 11) is 1.80. The van der Waals surface area contributed by atoms with Gasteiger partial charge in [-0.2, -0.15) is 0 Å². The number of fused-ring (bicyclic) bond motifs is 3. The van der Waals surface area contributed by atoms with E-state index in [4.69, 9.17) is 32.5 Å².